The van der Waals surface area contributed by atoms with Crippen LogP contribution in [-0.4, -0.2) is 69.2 Å². The van der Waals surface area contributed by atoms with Crippen molar-refractivity contribution in [2.45, 2.75) is 96.6 Å². The van der Waals surface area contributed by atoms with Crippen LogP contribution in [0, 0.1) is 27.6 Å². The lowest BCUT2D eigenvalue weighted by Gasteiger charge is -2.66. The number of halogens is 2. The lowest BCUT2D eigenvalue weighted by Crippen LogP contribution is -2.73. The summed E-state index contributed by atoms with van der Waals surface area (Å²) in [6.07, 6.45) is 4.49. The molecule has 0 saturated heterocycles. The first-order chi connectivity index (χ1) is 23.0. The second kappa shape index (κ2) is 13.1. The minimum Gasteiger partial charge on any atom is -0.446 e. The molecule has 5 rings (SSSR count). The highest BCUT2D eigenvalue weighted by Crippen LogP contribution is 2.75. The number of hydrogen-bond donors (Lipinski definition) is 4. The van der Waals surface area contributed by atoms with E-state index < -0.39 is 62.6 Å². The third kappa shape index (κ3) is 5.40. The van der Waals surface area contributed by atoms with Gasteiger partial charge in [0.15, 0.2) is 17.1 Å². The van der Waals surface area contributed by atoms with Crippen LogP contribution >= 0.6 is 23.4 Å². The maximum absolute atomic E-state index is 17.9. The van der Waals surface area contributed by atoms with Crippen LogP contribution in [0.3, 0.4) is 0 Å². The Hall–Kier alpha value is -3.35. The number of carbonyl (C=O) groups excluding carboxylic acids is 5. The Kier molecular flexibility index (Phi) is 9.85. The number of benzene rings is 1. The zero-order chi connectivity index (χ0) is 36.2. The van der Waals surface area contributed by atoms with Gasteiger partial charge in [0.25, 0.3) is 0 Å². The minimum atomic E-state index is -2.27. The summed E-state index contributed by atoms with van der Waals surface area (Å²) < 4.78 is 24.2. The number of ether oxygens (including phenoxy) is 1. The summed E-state index contributed by atoms with van der Waals surface area (Å²) in [7, 11) is 0. The van der Waals surface area contributed by atoms with E-state index in [1.165, 1.54) is 49.6 Å². The largest absolute Gasteiger partial charge is 0.446 e. The topological polar surface area (TPSA) is 163 Å². The van der Waals surface area contributed by atoms with Crippen molar-refractivity contribution in [2.24, 2.45) is 22.2 Å². The van der Waals surface area contributed by atoms with E-state index in [1.807, 2.05) is 0 Å². The fourth-order valence-electron chi connectivity index (χ4n) is 9.00. The van der Waals surface area contributed by atoms with Gasteiger partial charge in [0, 0.05) is 34.8 Å². The summed E-state index contributed by atoms with van der Waals surface area (Å²) in [6.45, 7) is 8.33. The molecule has 4 aliphatic rings. The number of aliphatic hydroxyl groups excluding tert-OH is 1. The van der Waals surface area contributed by atoms with E-state index in [-0.39, 0.29) is 60.1 Å². The van der Waals surface area contributed by atoms with Gasteiger partial charge in [-0.15, -0.1) is 0 Å². The summed E-state index contributed by atoms with van der Waals surface area (Å²) in [5, 5.41) is 25.5. The van der Waals surface area contributed by atoms with Crippen LogP contribution in [0.4, 0.5) is 10.1 Å². The van der Waals surface area contributed by atoms with Crippen molar-refractivity contribution in [3.63, 3.8) is 0 Å². The molecule has 0 aromatic heterocycles. The van der Waals surface area contributed by atoms with Crippen molar-refractivity contribution in [1.82, 2.24) is 5.32 Å². The fraction of sp³-hybridized carbons (Fsp3) is 0.556. The number of rotatable bonds is 9. The first kappa shape index (κ1) is 36.9. The van der Waals surface area contributed by atoms with Gasteiger partial charge in [-0.2, -0.15) is 0 Å². The number of aliphatic hydroxyl groups is 1. The minimum absolute atomic E-state index is 0.00465. The van der Waals surface area contributed by atoms with Crippen molar-refractivity contribution < 1.29 is 38.2 Å². The number of nitrogens with one attached hydrogen (secondary N) is 3. The molecule has 3 saturated carbocycles. The SMILES string of the molecule is CCSC(=O)[C@@]1(OC(=O)c2ccc(Cl)c(NC(=O)[C@H](C)NC(=O)CC)c2)CCC2(C=N)[C@@H]3CCC4=CC(=O)C=C[C@]4(C)[C@@]3(F)[C@@H](O)C[C@@]21C. The van der Waals surface area contributed by atoms with E-state index in [0.29, 0.717) is 17.7 Å². The highest BCUT2D eigenvalue weighted by Gasteiger charge is 2.80. The number of carbonyl (C=O) groups is 5. The molecule has 0 spiro atoms. The first-order valence-electron chi connectivity index (χ1n) is 16.6. The Bertz CT molecular complexity index is 1680. The number of anilines is 1. The highest BCUT2D eigenvalue weighted by molar-refractivity contribution is 8.13. The van der Waals surface area contributed by atoms with Crippen LogP contribution in [0.25, 0.3) is 0 Å². The van der Waals surface area contributed by atoms with E-state index >= 15 is 4.39 Å². The molecule has 49 heavy (non-hydrogen) atoms. The number of ketones is 1. The number of amides is 2. The average molecular weight is 716 g/mol. The Labute approximate surface area is 294 Å². The van der Waals surface area contributed by atoms with E-state index in [0.717, 1.165) is 11.8 Å². The number of thioether (sulfide) groups is 1. The van der Waals surface area contributed by atoms with Crippen molar-refractivity contribution >= 4 is 63.9 Å². The fourth-order valence-corrected chi connectivity index (χ4v) is 10.0. The summed E-state index contributed by atoms with van der Waals surface area (Å²) >= 11 is 7.32. The molecule has 1 aromatic carbocycles. The van der Waals surface area contributed by atoms with Gasteiger partial charge in [-0.25, -0.2) is 9.18 Å². The van der Waals surface area contributed by atoms with E-state index in [4.69, 9.17) is 21.7 Å². The molecule has 4 N–H and O–H groups in total. The Morgan fingerprint density at radius 2 is 1.94 bits per heavy atom. The van der Waals surface area contributed by atoms with Crippen molar-refractivity contribution in [3.05, 3.63) is 52.6 Å². The molecule has 2 amide bonds. The van der Waals surface area contributed by atoms with Crippen LogP contribution in [0.15, 0.2) is 42.0 Å². The monoisotopic (exact) mass is 715 g/mol. The standard InChI is InChI=1S/C36H43ClFN3O7S/c1-6-28(44)40-20(3)29(45)41-25-16-21(8-10-24(25)37)30(46)48-35(31(47)49-7-2)15-14-34(19-39)26-11-9-22-17-23(42)12-13-32(22,4)36(26,38)27(43)18-33(34,35)5/h8,10,12-13,16-17,19-20,26-27,39,43H,6-7,9,11,14-15,18H2,1-5H3,(H,40,44)(H,41,45)/t20-,26-,27-,32-,33-,34?,35-,36-/m0/s1. The third-order valence-electron chi connectivity index (χ3n) is 11.8. The van der Waals surface area contributed by atoms with Crippen LogP contribution in [0.5, 0.6) is 0 Å². The zero-order valence-corrected chi connectivity index (χ0v) is 29.9. The van der Waals surface area contributed by atoms with Gasteiger partial charge in [-0.05, 0) is 82.1 Å². The van der Waals surface area contributed by atoms with Gasteiger partial charge in [-0.3, -0.25) is 19.2 Å². The smallest absolute Gasteiger partial charge is 0.339 e. The number of alkyl halides is 1. The van der Waals surface area contributed by atoms with Crippen LogP contribution in [-0.2, 0) is 23.9 Å². The molecule has 0 radical (unpaired) electrons. The summed E-state index contributed by atoms with van der Waals surface area (Å²) in [4.78, 5) is 65.1. The second-order valence-corrected chi connectivity index (χ2v) is 15.6. The Morgan fingerprint density at radius 3 is 2.59 bits per heavy atom. The molecule has 4 aliphatic carbocycles. The molecule has 13 heteroatoms. The molecule has 264 valence electrons. The molecule has 0 aliphatic heterocycles. The molecule has 3 fully saturated rings. The van der Waals surface area contributed by atoms with Gasteiger partial charge >= 0.3 is 5.97 Å². The second-order valence-electron chi connectivity index (χ2n) is 14.0. The first-order valence-corrected chi connectivity index (χ1v) is 18.0. The molecule has 1 aromatic rings. The molecular weight excluding hydrogens is 673 g/mol. The van der Waals surface area contributed by atoms with Crippen LogP contribution < -0.4 is 10.6 Å². The normalized spacial score (nSPS) is 35.2. The molecule has 10 nitrogen and oxygen atoms in total. The van der Waals surface area contributed by atoms with E-state index in [2.05, 4.69) is 10.6 Å². The molecular formula is C36H43ClFN3O7S. The number of allylic oxidation sites excluding steroid dienone is 4. The molecule has 1 unspecified atom stereocenters. The van der Waals surface area contributed by atoms with Gasteiger partial charge in [0.05, 0.1) is 22.4 Å². The predicted octanol–water partition coefficient (Wildman–Crippen LogP) is 5.76. The van der Waals surface area contributed by atoms with E-state index in [9.17, 15) is 29.1 Å². The predicted molar refractivity (Wildman–Crippen MR) is 185 cm³/mol. The van der Waals surface area contributed by atoms with E-state index in [1.54, 1.807) is 27.7 Å². The van der Waals surface area contributed by atoms with Crippen molar-refractivity contribution in [2.75, 3.05) is 11.1 Å². The highest BCUT2D eigenvalue weighted by atomic mass is 35.5. The van der Waals surface area contributed by atoms with Gasteiger partial charge < -0.3 is 25.9 Å². The number of fused-ring (bicyclic) bond motifs is 5. The molecule has 0 bridgehead atoms. The number of esters is 1. The van der Waals surface area contributed by atoms with Gasteiger partial charge in [-0.1, -0.05) is 55.8 Å². The molecule has 8 atom stereocenters. The van der Waals surface area contributed by atoms with Crippen LogP contribution in [0.2, 0.25) is 5.02 Å². The van der Waals surface area contributed by atoms with Crippen LogP contribution in [0.1, 0.15) is 83.5 Å². The Morgan fingerprint density at radius 1 is 1.22 bits per heavy atom. The van der Waals surface area contributed by atoms with Crippen molar-refractivity contribution in [1.29, 1.82) is 5.41 Å². The zero-order valence-electron chi connectivity index (χ0n) is 28.3. The summed E-state index contributed by atoms with van der Waals surface area (Å²) in [5.74, 6) is -2.60. The summed E-state index contributed by atoms with van der Waals surface area (Å²) in [5.41, 5.74) is -7.46. The lowest BCUT2D eigenvalue weighted by molar-refractivity contribution is -0.229. The van der Waals surface area contributed by atoms with Gasteiger partial charge in [0.1, 0.15) is 6.04 Å². The average Bonchev–Trinajstić information content (AvgIpc) is 3.31. The molecule has 0 heterocycles. The third-order valence-corrected chi connectivity index (χ3v) is 13.0. The quantitative estimate of drug-likeness (QED) is 0.185. The Balaban J connectivity index is 1.53. The maximum atomic E-state index is 17.9. The maximum Gasteiger partial charge on any atom is 0.339 e. The van der Waals surface area contributed by atoms with Gasteiger partial charge in [0.2, 0.25) is 16.9 Å². The lowest BCUT2D eigenvalue weighted by atomic mass is 9.40. The summed E-state index contributed by atoms with van der Waals surface area (Å²) in [6, 6.07) is 3.22. The van der Waals surface area contributed by atoms with Crippen molar-refractivity contribution in [3.8, 4) is 0 Å². The number of hydrogen-bond acceptors (Lipinski definition) is 9.